The maximum Gasteiger partial charge on any atom is 0.272 e. The van der Waals surface area contributed by atoms with Crippen LogP contribution < -0.4 is 15.5 Å². The maximum atomic E-state index is 12.9. The summed E-state index contributed by atoms with van der Waals surface area (Å²) in [7, 11) is 0. The van der Waals surface area contributed by atoms with Gasteiger partial charge >= 0.3 is 0 Å². The average molecular weight is 393 g/mol. The monoisotopic (exact) mass is 393 g/mol. The first-order chi connectivity index (χ1) is 14.1. The Morgan fingerprint density at radius 2 is 1.62 bits per heavy atom. The SMILES string of the molecule is CCN(CC)c1ccc(Nc2ccc(C(=O)NCc3ccc(F)cc3)nn2)cc1. The molecule has 150 valence electrons. The highest BCUT2D eigenvalue weighted by molar-refractivity contribution is 5.92. The Labute approximate surface area is 169 Å². The topological polar surface area (TPSA) is 70.2 Å². The van der Waals surface area contributed by atoms with Crippen LogP contribution in [0.4, 0.5) is 21.6 Å². The Balaban J connectivity index is 1.56. The summed E-state index contributed by atoms with van der Waals surface area (Å²) in [6.45, 7) is 6.46. The molecule has 29 heavy (non-hydrogen) atoms. The summed E-state index contributed by atoms with van der Waals surface area (Å²) in [6.07, 6.45) is 0. The second-order valence-corrected chi connectivity index (χ2v) is 6.46. The van der Waals surface area contributed by atoms with E-state index in [0.717, 1.165) is 24.3 Å². The largest absolute Gasteiger partial charge is 0.372 e. The number of carbonyl (C=O) groups excluding carboxylic acids is 1. The highest BCUT2D eigenvalue weighted by atomic mass is 19.1. The summed E-state index contributed by atoms with van der Waals surface area (Å²) in [5.41, 5.74) is 3.08. The van der Waals surface area contributed by atoms with Crippen LogP contribution in [0.25, 0.3) is 0 Å². The molecule has 0 atom stereocenters. The van der Waals surface area contributed by atoms with Crippen LogP contribution in [0.1, 0.15) is 29.9 Å². The third-order valence-corrected chi connectivity index (χ3v) is 4.53. The van der Waals surface area contributed by atoms with Gasteiger partial charge in [0.1, 0.15) is 5.82 Å². The van der Waals surface area contributed by atoms with Gasteiger partial charge in [-0.25, -0.2) is 4.39 Å². The van der Waals surface area contributed by atoms with Crippen LogP contribution in [0.3, 0.4) is 0 Å². The fourth-order valence-corrected chi connectivity index (χ4v) is 2.89. The van der Waals surface area contributed by atoms with Crippen molar-refractivity contribution in [3.63, 3.8) is 0 Å². The average Bonchev–Trinajstić information content (AvgIpc) is 2.76. The summed E-state index contributed by atoms with van der Waals surface area (Å²) >= 11 is 0. The minimum Gasteiger partial charge on any atom is -0.372 e. The molecule has 0 bridgehead atoms. The number of rotatable bonds is 8. The zero-order chi connectivity index (χ0) is 20.6. The summed E-state index contributed by atoms with van der Waals surface area (Å²) < 4.78 is 12.9. The molecule has 0 aliphatic heterocycles. The smallest absolute Gasteiger partial charge is 0.272 e. The Kier molecular flexibility index (Phi) is 6.73. The summed E-state index contributed by atoms with van der Waals surface area (Å²) in [5.74, 6) is -0.0932. The van der Waals surface area contributed by atoms with Gasteiger partial charge in [0.2, 0.25) is 0 Å². The molecule has 1 amide bonds. The summed E-state index contributed by atoms with van der Waals surface area (Å²) in [6, 6.07) is 17.4. The Morgan fingerprint density at radius 1 is 0.931 bits per heavy atom. The van der Waals surface area contributed by atoms with E-state index in [1.807, 2.05) is 12.1 Å². The van der Waals surface area contributed by atoms with Crippen molar-refractivity contribution in [1.29, 1.82) is 0 Å². The Morgan fingerprint density at radius 3 is 2.21 bits per heavy atom. The number of amides is 1. The fraction of sp³-hybridized carbons (Fsp3) is 0.227. The predicted octanol–water partition coefficient (Wildman–Crippen LogP) is 4.14. The molecular weight excluding hydrogens is 369 g/mol. The van der Waals surface area contributed by atoms with Crippen LogP contribution in [-0.4, -0.2) is 29.2 Å². The normalized spacial score (nSPS) is 10.4. The lowest BCUT2D eigenvalue weighted by molar-refractivity contribution is 0.0945. The van der Waals surface area contributed by atoms with Gasteiger partial charge < -0.3 is 15.5 Å². The first-order valence-corrected chi connectivity index (χ1v) is 9.57. The summed E-state index contributed by atoms with van der Waals surface area (Å²) in [4.78, 5) is 14.5. The molecule has 0 saturated heterocycles. The van der Waals surface area contributed by atoms with E-state index in [0.29, 0.717) is 12.4 Å². The minimum absolute atomic E-state index is 0.217. The van der Waals surface area contributed by atoms with Crippen molar-refractivity contribution in [2.75, 3.05) is 23.3 Å². The number of halogens is 1. The van der Waals surface area contributed by atoms with Crippen molar-refractivity contribution in [2.24, 2.45) is 0 Å². The highest BCUT2D eigenvalue weighted by Gasteiger charge is 2.08. The van der Waals surface area contributed by atoms with Gasteiger partial charge in [0.25, 0.3) is 5.91 Å². The number of hydrogen-bond acceptors (Lipinski definition) is 5. The second kappa shape index (κ2) is 9.64. The first-order valence-electron chi connectivity index (χ1n) is 9.57. The van der Waals surface area contributed by atoms with Crippen LogP contribution in [0.5, 0.6) is 0 Å². The van der Waals surface area contributed by atoms with E-state index in [4.69, 9.17) is 0 Å². The van der Waals surface area contributed by atoms with Gasteiger partial charge in [0.15, 0.2) is 11.5 Å². The van der Waals surface area contributed by atoms with Crippen molar-refractivity contribution < 1.29 is 9.18 Å². The molecule has 0 aliphatic carbocycles. The van der Waals surface area contributed by atoms with Crippen LogP contribution in [0.2, 0.25) is 0 Å². The number of hydrogen-bond donors (Lipinski definition) is 2. The molecule has 1 aromatic heterocycles. The van der Waals surface area contributed by atoms with E-state index >= 15 is 0 Å². The number of nitrogens with zero attached hydrogens (tertiary/aromatic N) is 3. The van der Waals surface area contributed by atoms with Crippen molar-refractivity contribution in [1.82, 2.24) is 15.5 Å². The molecule has 0 unspecified atom stereocenters. The third kappa shape index (κ3) is 5.51. The fourth-order valence-electron chi connectivity index (χ4n) is 2.89. The van der Waals surface area contributed by atoms with Gasteiger partial charge in [0, 0.05) is 31.0 Å². The van der Waals surface area contributed by atoms with E-state index in [1.165, 1.54) is 17.8 Å². The number of aromatic nitrogens is 2. The zero-order valence-corrected chi connectivity index (χ0v) is 16.5. The maximum absolute atomic E-state index is 12.9. The predicted molar refractivity (Wildman–Crippen MR) is 113 cm³/mol. The van der Waals surface area contributed by atoms with Gasteiger partial charge in [-0.15, -0.1) is 10.2 Å². The van der Waals surface area contributed by atoms with E-state index in [2.05, 4.69) is 51.7 Å². The zero-order valence-electron chi connectivity index (χ0n) is 16.5. The number of anilines is 3. The Bertz CT molecular complexity index is 923. The lowest BCUT2D eigenvalue weighted by atomic mass is 10.2. The van der Waals surface area contributed by atoms with Crippen molar-refractivity contribution in [2.45, 2.75) is 20.4 Å². The summed E-state index contributed by atoms with van der Waals surface area (Å²) in [5, 5.41) is 14.0. The third-order valence-electron chi connectivity index (χ3n) is 4.53. The molecule has 6 nitrogen and oxygen atoms in total. The quantitative estimate of drug-likeness (QED) is 0.602. The van der Waals surface area contributed by atoms with E-state index in [9.17, 15) is 9.18 Å². The molecule has 0 spiro atoms. The van der Waals surface area contributed by atoms with Gasteiger partial charge in [0.05, 0.1) is 0 Å². The lowest BCUT2D eigenvalue weighted by Crippen LogP contribution is -2.24. The number of carbonyl (C=O) groups is 1. The van der Waals surface area contributed by atoms with Gasteiger partial charge in [-0.1, -0.05) is 12.1 Å². The van der Waals surface area contributed by atoms with Gasteiger partial charge in [-0.3, -0.25) is 4.79 Å². The second-order valence-electron chi connectivity index (χ2n) is 6.46. The molecule has 0 radical (unpaired) electrons. The van der Waals surface area contributed by atoms with E-state index in [-0.39, 0.29) is 17.4 Å². The van der Waals surface area contributed by atoms with Crippen molar-refractivity contribution in [3.05, 3.63) is 77.7 Å². The number of nitrogens with one attached hydrogen (secondary N) is 2. The molecule has 0 aliphatic rings. The first kappa shape index (κ1) is 20.3. The van der Waals surface area contributed by atoms with Gasteiger partial charge in [-0.05, 0) is 67.9 Å². The van der Waals surface area contributed by atoms with Crippen LogP contribution >= 0.6 is 0 Å². The van der Waals surface area contributed by atoms with Gasteiger partial charge in [-0.2, -0.15) is 0 Å². The molecule has 7 heteroatoms. The molecule has 1 heterocycles. The van der Waals surface area contributed by atoms with Crippen LogP contribution in [0, 0.1) is 5.82 Å². The standard InChI is InChI=1S/C22H24FN5O/c1-3-28(4-2)19-11-9-18(10-12-19)25-21-14-13-20(26-27-21)22(29)24-15-16-5-7-17(23)8-6-16/h5-14H,3-4,15H2,1-2H3,(H,24,29)(H,25,27). The van der Waals surface area contributed by atoms with E-state index in [1.54, 1.807) is 24.3 Å². The van der Waals surface area contributed by atoms with Crippen LogP contribution in [0.15, 0.2) is 60.7 Å². The van der Waals surface area contributed by atoms with Crippen molar-refractivity contribution in [3.8, 4) is 0 Å². The molecule has 3 aromatic rings. The molecule has 0 saturated carbocycles. The molecule has 2 N–H and O–H groups in total. The van der Waals surface area contributed by atoms with Crippen molar-refractivity contribution >= 4 is 23.1 Å². The lowest BCUT2D eigenvalue weighted by Gasteiger charge is -2.21. The molecule has 0 fully saturated rings. The highest BCUT2D eigenvalue weighted by Crippen LogP contribution is 2.20. The minimum atomic E-state index is -0.336. The molecular formula is C22H24FN5O. The number of benzene rings is 2. The Hall–Kier alpha value is -3.48. The van der Waals surface area contributed by atoms with E-state index < -0.39 is 0 Å². The van der Waals surface area contributed by atoms with Crippen LogP contribution in [-0.2, 0) is 6.54 Å². The molecule has 3 rings (SSSR count). The molecule has 2 aromatic carbocycles.